The van der Waals surface area contributed by atoms with Crippen LogP contribution in [0.4, 0.5) is 5.69 Å². The van der Waals surface area contributed by atoms with Crippen molar-refractivity contribution in [2.75, 3.05) is 11.9 Å². The number of imidazole rings is 1. The highest BCUT2D eigenvalue weighted by molar-refractivity contribution is 5.92. The third-order valence-electron chi connectivity index (χ3n) is 2.59. The summed E-state index contributed by atoms with van der Waals surface area (Å²) in [5.74, 6) is 0.436. The number of nitrogens with zero attached hydrogens (tertiary/aromatic N) is 3. The Morgan fingerprint density at radius 3 is 2.70 bits per heavy atom. The lowest BCUT2D eigenvalue weighted by Gasteiger charge is -2.10. The second-order valence-electron chi connectivity index (χ2n) is 4.00. The number of aromatic nitrogens is 3. The second-order valence-corrected chi connectivity index (χ2v) is 4.00. The van der Waals surface area contributed by atoms with Crippen molar-refractivity contribution in [2.24, 2.45) is 11.7 Å². The molecule has 2 heterocycles. The van der Waals surface area contributed by atoms with E-state index in [4.69, 9.17) is 5.73 Å². The van der Waals surface area contributed by atoms with Crippen molar-refractivity contribution in [2.45, 2.75) is 6.92 Å². The fourth-order valence-electron chi connectivity index (χ4n) is 1.38. The number of pyridine rings is 1. The maximum absolute atomic E-state index is 11.6. The molecule has 1 atom stereocenters. The van der Waals surface area contributed by atoms with Crippen LogP contribution in [0.3, 0.4) is 0 Å². The SMILES string of the molecule is CC(CN)C(=O)Nc1ccc(-n2ccnc2)nc1.Cl.Cl. The quantitative estimate of drug-likeness (QED) is 0.897. The molecule has 0 aliphatic rings. The largest absolute Gasteiger partial charge is 0.330 e. The number of anilines is 1. The van der Waals surface area contributed by atoms with E-state index >= 15 is 0 Å². The summed E-state index contributed by atoms with van der Waals surface area (Å²) in [6, 6.07) is 3.61. The van der Waals surface area contributed by atoms with Crippen molar-refractivity contribution in [3.63, 3.8) is 0 Å². The summed E-state index contributed by atoms with van der Waals surface area (Å²) in [5.41, 5.74) is 6.08. The highest BCUT2D eigenvalue weighted by Crippen LogP contribution is 2.10. The fourth-order valence-corrected chi connectivity index (χ4v) is 1.38. The lowest BCUT2D eigenvalue weighted by atomic mass is 10.1. The van der Waals surface area contributed by atoms with Gasteiger partial charge in [0.1, 0.15) is 12.1 Å². The topological polar surface area (TPSA) is 85.8 Å². The van der Waals surface area contributed by atoms with Crippen molar-refractivity contribution < 1.29 is 4.79 Å². The Morgan fingerprint density at radius 1 is 1.45 bits per heavy atom. The molecule has 0 aliphatic carbocycles. The number of nitrogens with one attached hydrogen (secondary N) is 1. The minimum absolute atomic E-state index is 0. The Hall–Kier alpha value is -1.63. The van der Waals surface area contributed by atoms with Crippen LogP contribution in [0.25, 0.3) is 5.82 Å². The Bertz CT molecular complexity index is 515. The highest BCUT2D eigenvalue weighted by atomic mass is 35.5. The molecule has 0 saturated carbocycles. The first-order valence-corrected chi connectivity index (χ1v) is 5.66. The van der Waals surface area contributed by atoms with Crippen LogP contribution in [-0.2, 0) is 4.79 Å². The molecular formula is C12H17Cl2N5O. The highest BCUT2D eigenvalue weighted by Gasteiger charge is 2.10. The number of nitrogens with two attached hydrogens (primary N) is 1. The summed E-state index contributed by atoms with van der Waals surface area (Å²) >= 11 is 0. The van der Waals surface area contributed by atoms with Crippen molar-refractivity contribution in [3.05, 3.63) is 37.1 Å². The van der Waals surface area contributed by atoms with Crippen LogP contribution in [0.5, 0.6) is 0 Å². The lowest BCUT2D eigenvalue weighted by Crippen LogP contribution is -2.26. The molecule has 3 N–H and O–H groups in total. The van der Waals surface area contributed by atoms with E-state index in [1.165, 1.54) is 0 Å². The van der Waals surface area contributed by atoms with Gasteiger partial charge in [0.05, 0.1) is 11.9 Å². The Kier molecular flexibility index (Phi) is 7.83. The van der Waals surface area contributed by atoms with Crippen LogP contribution >= 0.6 is 24.8 Å². The van der Waals surface area contributed by atoms with E-state index in [-0.39, 0.29) is 36.6 Å². The maximum Gasteiger partial charge on any atom is 0.228 e. The van der Waals surface area contributed by atoms with Crippen molar-refractivity contribution >= 4 is 36.4 Å². The van der Waals surface area contributed by atoms with E-state index in [2.05, 4.69) is 15.3 Å². The molecule has 0 aromatic carbocycles. The number of carbonyl (C=O) groups is 1. The molecule has 2 aromatic heterocycles. The second kappa shape index (κ2) is 8.52. The number of halogens is 2. The summed E-state index contributed by atoms with van der Waals surface area (Å²) in [6.45, 7) is 2.11. The first-order chi connectivity index (χ1) is 8.70. The summed E-state index contributed by atoms with van der Waals surface area (Å²) in [7, 11) is 0. The number of amides is 1. The molecule has 6 nitrogen and oxygen atoms in total. The smallest absolute Gasteiger partial charge is 0.228 e. The van der Waals surface area contributed by atoms with E-state index in [1.807, 2.05) is 6.07 Å². The zero-order valence-corrected chi connectivity index (χ0v) is 12.5. The van der Waals surface area contributed by atoms with Crippen molar-refractivity contribution in [1.29, 1.82) is 0 Å². The molecule has 2 rings (SSSR count). The number of hydrogen-bond donors (Lipinski definition) is 2. The molecular weight excluding hydrogens is 301 g/mol. The summed E-state index contributed by atoms with van der Waals surface area (Å²) in [4.78, 5) is 19.8. The zero-order chi connectivity index (χ0) is 13.0. The van der Waals surface area contributed by atoms with Crippen LogP contribution in [0.15, 0.2) is 37.1 Å². The third-order valence-corrected chi connectivity index (χ3v) is 2.59. The molecule has 0 radical (unpaired) electrons. The summed E-state index contributed by atoms with van der Waals surface area (Å²) in [5, 5.41) is 2.76. The van der Waals surface area contributed by atoms with Crippen LogP contribution in [0, 0.1) is 5.92 Å². The fraction of sp³-hybridized carbons (Fsp3) is 0.250. The first kappa shape index (κ1) is 18.4. The minimum Gasteiger partial charge on any atom is -0.330 e. The average Bonchev–Trinajstić information content (AvgIpc) is 2.92. The van der Waals surface area contributed by atoms with E-state index < -0.39 is 0 Å². The van der Waals surface area contributed by atoms with Gasteiger partial charge in [0, 0.05) is 24.9 Å². The van der Waals surface area contributed by atoms with Gasteiger partial charge in [-0.15, -0.1) is 24.8 Å². The Labute approximate surface area is 129 Å². The van der Waals surface area contributed by atoms with Gasteiger partial charge in [0.2, 0.25) is 5.91 Å². The molecule has 0 spiro atoms. The molecule has 0 saturated heterocycles. The molecule has 0 bridgehead atoms. The molecule has 0 fully saturated rings. The summed E-state index contributed by atoms with van der Waals surface area (Å²) < 4.78 is 1.79. The standard InChI is InChI=1S/C12H15N5O.2ClH/c1-9(6-13)12(18)16-10-2-3-11(15-7-10)17-5-4-14-8-17;;/h2-5,7-9H,6,13H2,1H3,(H,16,18);2*1H. The van der Waals surface area contributed by atoms with Gasteiger partial charge in [-0.2, -0.15) is 0 Å². The van der Waals surface area contributed by atoms with Gasteiger partial charge in [-0.05, 0) is 12.1 Å². The number of rotatable bonds is 4. The molecule has 8 heteroatoms. The maximum atomic E-state index is 11.6. The molecule has 1 amide bonds. The average molecular weight is 318 g/mol. The normalized spacial score (nSPS) is 10.9. The van der Waals surface area contributed by atoms with Crippen molar-refractivity contribution in [3.8, 4) is 5.82 Å². The lowest BCUT2D eigenvalue weighted by molar-refractivity contribution is -0.119. The van der Waals surface area contributed by atoms with Gasteiger partial charge < -0.3 is 11.1 Å². The molecule has 2 aromatic rings. The Balaban J connectivity index is 0.00000180. The zero-order valence-electron chi connectivity index (χ0n) is 10.9. The number of hydrogen-bond acceptors (Lipinski definition) is 4. The van der Waals surface area contributed by atoms with Crippen LogP contribution in [0.1, 0.15) is 6.92 Å². The van der Waals surface area contributed by atoms with Crippen molar-refractivity contribution in [1.82, 2.24) is 14.5 Å². The predicted octanol–water partition coefficient (Wildman–Crippen LogP) is 1.64. The van der Waals surface area contributed by atoms with Crippen LogP contribution < -0.4 is 11.1 Å². The number of carbonyl (C=O) groups excluding carboxylic acids is 1. The van der Waals surface area contributed by atoms with E-state index in [1.54, 1.807) is 42.5 Å². The monoisotopic (exact) mass is 317 g/mol. The van der Waals surface area contributed by atoms with Gasteiger partial charge in [-0.1, -0.05) is 6.92 Å². The minimum atomic E-state index is -0.210. The van der Waals surface area contributed by atoms with E-state index in [9.17, 15) is 4.79 Å². The van der Waals surface area contributed by atoms with Gasteiger partial charge >= 0.3 is 0 Å². The summed E-state index contributed by atoms with van der Waals surface area (Å²) in [6.07, 6.45) is 6.75. The molecule has 110 valence electrons. The first-order valence-electron chi connectivity index (χ1n) is 5.66. The van der Waals surface area contributed by atoms with Gasteiger partial charge in [0.25, 0.3) is 0 Å². The molecule has 1 unspecified atom stereocenters. The van der Waals surface area contributed by atoms with E-state index in [0.29, 0.717) is 12.2 Å². The van der Waals surface area contributed by atoms with Gasteiger partial charge in [0.15, 0.2) is 0 Å². The predicted molar refractivity (Wildman–Crippen MR) is 82.7 cm³/mol. The van der Waals surface area contributed by atoms with Crippen LogP contribution in [-0.4, -0.2) is 27.0 Å². The Morgan fingerprint density at radius 2 is 2.20 bits per heavy atom. The van der Waals surface area contributed by atoms with Gasteiger partial charge in [-0.3, -0.25) is 9.36 Å². The molecule has 0 aliphatic heterocycles. The van der Waals surface area contributed by atoms with Gasteiger partial charge in [-0.25, -0.2) is 9.97 Å². The third kappa shape index (κ3) is 4.48. The van der Waals surface area contributed by atoms with E-state index in [0.717, 1.165) is 5.82 Å². The van der Waals surface area contributed by atoms with Crippen LogP contribution in [0.2, 0.25) is 0 Å². The molecule has 20 heavy (non-hydrogen) atoms.